The van der Waals surface area contributed by atoms with Gasteiger partial charge in [0.25, 0.3) is 0 Å². The number of benzene rings is 1. The van der Waals surface area contributed by atoms with E-state index >= 15 is 0 Å². The summed E-state index contributed by atoms with van der Waals surface area (Å²) in [5, 5.41) is 2.69. The number of aromatic nitrogens is 1. The Morgan fingerprint density at radius 3 is 2.88 bits per heavy atom. The molecule has 0 bridgehead atoms. The van der Waals surface area contributed by atoms with E-state index in [1.807, 2.05) is 0 Å². The topological polar surface area (TPSA) is 84.7 Å². The molecule has 25 heavy (non-hydrogen) atoms. The minimum Gasteiger partial charge on any atom is -0.444 e. The molecule has 2 aromatic rings. The number of carbonyl (C=O) groups is 2. The molecule has 0 spiro atoms. The maximum Gasteiger partial charge on any atom is 0.411 e. The number of fused-ring (bicyclic) bond motifs is 1. The lowest BCUT2D eigenvalue weighted by atomic mass is 10.2. The van der Waals surface area contributed by atoms with Crippen LogP contribution in [0.15, 0.2) is 29.0 Å². The van der Waals surface area contributed by atoms with Crippen molar-refractivity contribution in [2.45, 2.75) is 45.0 Å². The van der Waals surface area contributed by atoms with Crippen LogP contribution in [0.4, 0.5) is 14.9 Å². The van der Waals surface area contributed by atoms with Gasteiger partial charge in [0.05, 0.1) is 6.54 Å². The number of ether oxygens (including phenoxy) is 1. The van der Waals surface area contributed by atoms with Crippen molar-refractivity contribution in [2.24, 2.45) is 0 Å². The van der Waals surface area contributed by atoms with E-state index in [4.69, 9.17) is 9.15 Å². The fourth-order valence-corrected chi connectivity index (χ4v) is 2.71. The largest absolute Gasteiger partial charge is 0.444 e. The molecule has 1 N–H and O–H groups in total. The van der Waals surface area contributed by atoms with Crippen molar-refractivity contribution < 1.29 is 23.1 Å². The highest BCUT2D eigenvalue weighted by Crippen LogP contribution is 2.25. The second-order valence-electron chi connectivity index (χ2n) is 7.01. The number of halogens is 1. The van der Waals surface area contributed by atoms with Gasteiger partial charge in [0.15, 0.2) is 12.0 Å². The van der Waals surface area contributed by atoms with Crippen LogP contribution in [0.1, 0.15) is 27.2 Å². The number of anilines is 1. The van der Waals surface area contributed by atoms with Crippen LogP contribution < -0.4 is 5.32 Å². The Hall–Kier alpha value is -2.64. The Balaban J connectivity index is 1.73. The summed E-state index contributed by atoms with van der Waals surface area (Å²) in [5.41, 5.74) is 0.958. The molecule has 2 heterocycles. The molecule has 3 rings (SSSR count). The van der Waals surface area contributed by atoms with Crippen molar-refractivity contribution in [3.05, 3.63) is 24.6 Å². The summed E-state index contributed by atoms with van der Waals surface area (Å²) in [6, 6.07) is 4.07. The molecule has 1 aliphatic rings. The standard InChI is InChI=1S/C17H20FN3O4/c1-17(2,3)25-16(23)21-8-10(18)6-13(21)15(22)20-11-4-5-12-14(7-11)24-9-19-12/h4-5,7,9-10,13H,6,8H2,1-3H3,(H,20,22)/t10-,13+/m0/s1. The summed E-state index contributed by atoms with van der Waals surface area (Å²) in [4.78, 5) is 29.9. The maximum atomic E-state index is 13.8. The number of oxazole rings is 1. The molecule has 2 atom stereocenters. The fourth-order valence-electron chi connectivity index (χ4n) is 2.71. The van der Waals surface area contributed by atoms with Crippen LogP contribution in [-0.2, 0) is 9.53 Å². The predicted molar refractivity (Wildman–Crippen MR) is 88.9 cm³/mol. The molecule has 1 saturated heterocycles. The SMILES string of the molecule is CC(C)(C)OC(=O)N1C[C@@H](F)C[C@@H]1C(=O)Nc1ccc2ncoc2c1. The first-order valence-electron chi connectivity index (χ1n) is 8.01. The van der Waals surface area contributed by atoms with Crippen molar-refractivity contribution in [1.82, 2.24) is 9.88 Å². The Kier molecular flexibility index (Phi) is 4.36. The smallest absolute Gasteiger partial charge is 0.411 e. The van der Waals surface area contributed by atoms with Gasteiger partial charge in [-0.3, -0.25) is 9.69 Å². The minimum absolute atomic E-state index is 0.0599. The van der Waals surface area contributed by atoms with Crippen LogP contribution in [0.25, 0.3) is 11.1 Å². The number of rotatable bonds is 2. The van der Waals surface area contributed by atoms with Gasteiger partial charge in [-0.2, -0.15) is 0 Å². The molecule has 0 unspecified atom stereocenters. The molecular formula is C17H20FN3O4. The Morgan fingerprint density at radius 1 is 1.40 bits per heavy atom. The van der Waals surface area contributed by atoms with Crippen LogP contribution in [0.5, 0.6) is 0 Å². The average Bonchev–Trinajstić information content (AvgIpc) is 3.11. The summed E-state index contributed by atoms with van der Waals surface area (Å²) in [6.07, 6.45) is -0.709. The first-order chi connectivity index (χ1) is 11.7. The second kappa shape index (κ2) is 6.34. The number of carbonyl (C=O) groups excluding carboxylic acids is 2. The van der Waals surface area contributed by atoms with Gasteiger partial charge in [0.1, 0.15) is 23.3 Å². The summed E-state index contributed by atoms with van der Waals surface area (Å²) < 4.78 is 24.3. The van der Waals surface area contributed by atoms with Crippen LogP contribution >= 0.6 is 0 Å². The van der Waals surface area contributed by atoms with E-state index in [1.54, 1.807) is 39.0 Å². The molecule has 1 fully saturated rings. The zero-order chi connectivity index (χ0) is 18.2. The van der Waals surface area contributed by atoms with E-state index in [-0.39, 0.29) is 13.0 Å². The average molecular weight is 349 g/mol. The van der Waals surface area contributed by atoms with Crippen LogP contribution in [-0.4, -0.2) is 46.2 Å². The van der Waals surface area contributed by atoms with E-state index in [2.05, 4.69) is 10.3 Å². The third kappa shape index (κ3) is 3.89. The molecule has 1 aliphatic heterocycles. The van der Waals surface area contributed by atoms with E-state index in [1.165, 1.54) is 6.39 Å². The van der Waals surface area contributed by atoms with Gasteiger partial charge in [0.2, 0.25) is 5.91 Å². The summed E-state index contributed by atoms with van der Waals surface area (Å²) >= 11 is 0. The van der Waals surface area contributed by atoms with Gasteiger partial charge in [-0.15, -0.1) is 0 Å². The lowest BCUT2D eigenvalue weighted by molar-refractivity contribution is -0.120. The summed E-state index contributed by atoms with van der Waals surface area (Å²) in [5.74, 6) is -0.468. The Labute approximate surface area is 144 Å². The van der Waals surface area contributed by atoms with Crippen molar-refractivity contribution in [2.75, 3.05) is 11.9 Å². The van der Waals surface area contributed by atoms with Gasteiger partial charge >= 0.3 is 6.09 Å². The van der Waals surface area contributed by atoms with Crippen molar-refractivity contribution in [1.29, 1.82) is 0 Å². The predicted octanol–water partition coefficient (Wildman–Crippen LogP) is 3.11. The lowest BCUT2D eigenvalue weighted by Gasteiger charge is -2.27. The molecule has 0 radical (unpaired) electrons. The lowest BCUT2D eigenvalue weighted by Crippen LogP contribution is -2.45. The van der Waals surface area contributed by atoms with E-state index in [0.29, 0.717) is 16.8 Å². The number of nitrogens with one attached hydrogen (secondary N) is 1. The molecule has 0 saturated carbocycles. The maximum absolute atomic E-state index is 13.8. The minimum atomic E-state index is -1.26. The van der Waals surface area contributed by atoms with Crippen LogP contribution in [0, 0.1) is 0 Å². The Bertz CT molecular complexity index is 799. The number of amides is 2. The van der Waals surface area contributed by atoms with Crippen LogP contribution in [0.3, 0.4) is 0 Å². The molecular weight excluding hydrogens is 329 g/mol. The molecule has 8 heteroatoms. The number of hydrogen-bond donors (Lipinski definition) is 1. The number of nitrogens with zero attached hydrogens (tertiary/aromatic N) is 2. The summed E-state index contributed by atoms with van der Waals surface area (Å²) in [7, 11) is 0. The van der Waals surface area contributed by atoms with Gasteiger partial charge in [-0.1, -0.05) is 0 Å². The highest BCUT2D eigenvalue weighted by molar-refractivity contribution is 5.98. The van der Waals surface area contributed by atoms with E-state index in [0.717, 1.165) is 4.90 Å². The van der Waals surface area contributed by atoms with E-state index in [9.17, 15) is 14.0 Å². The molecule has 0 aliphatic carbocycles. The second-order valence-corrected chi connectivity index (χ2v) is 7.01. The van der Waals surface area contributed by atoms with E-state index < -0.39 is 29.8 Å². The van der Waals surface area contributed by atoms with Gasteiger partial charge in [-0.25, -0.2) is 14.2 Å². The number of alkyl halides is 1. The third-order valence-corrected chi connectivity index (χ3v) is 3.78. The zero-order valence-electron chi connectivity index (χ0n) is 14.3. The third-order valence-electron chi connectivity index (χ3n) is 3.78. The van der Waals surface area contributed by atoms with Crippen molar-refractivity contribution in [3.63, 3.8) is 0 Å². The highest BCUT2D eigenvalue weighted by Gasteiger charge is 2.41. The first-order valence-corrected chi connectivity index (χ1v) is 8.01. The van der Waals surface area contributed by atoms with Crippen LogP contribution in [0.2, 0.25) is 0 Å². The normalized spacial score (nSPS) is 20.7. The number of likely N-dealkylation sites (tertiary alicyclic amines) is 1. The quantitative estimate of drug-likeness (QED) is 0.900. The van der Waals surface area contributed by atoms with Crippen molar-refractivity contribution >= 4 is 28.8 Å². The van der Waals surface area contributed by atoms with Gasteiger partial charge < -0.3 is 14.5 Å². The molecule has 1 aromatic heterocycles. The first kappa shape index (κ1) is 17.2. The Morgan fingerprint density at radius 2 is 2.16 bits per heavy atom. The molecule has 1 aromatic carbocycles. The zero-order valence-corrected chi connectivity index (χ0v) is 14.3. The molecule has 7 nitrogen and oxygen atoms in total. The molecule has 134 valence electrons. The monoisotopic (exact) mass is 349 g/mol. The highest BCUT2D eigenvalue weighted by atomic mass is 19.1. The van der Waals surface area contributed by atoms with Crippen molar-refractivity contribution in [3.8, 4) is 0 Å². The summed E-state index contributed by atoms with van der Waals surface area (Å²) in [6.45, 7) is 4.99. The fraction of sp³-hybridized carbons (Fsp3) is 0.471. The van der Waals surface area contributed by atoms with Gasteiger partial charge in [-0.05, 0) is 32.9 Å². The number of hydrogen-bond acceptors (Lipinski definition) is 5. The van der Waals surface area contributed by atoms with Gasteiger partial charge in [0, 0.05) is 18.2 Å². The molecule has 2 amide bonds.